The van der Waals surface area contributed by atoms with Gasteiger partial charge in [0.2, 0.25) is 0 Å². The third-order valence-corrected chi connectivity index (χ3v) is 4.14. The van der Waals surface area contributed by atoms with Crippen LogP contribution in [0.3, 0.4) is 0 Å². The molecule has 2 aromatic carbocycles. The maximum atomic E-state index is 13.9. The van der Waals surface area contributed by atoms with Gasteiger partial charge in [0.05, 0.1) is 16.7 Å². The van der Waals surface area contributed by atoms with Gasteiger partial charge < -0.3 is 4.74 Å². The Bertz CT molecular complexity index is 840. The lowest BCUT2D eigenvalue weighted by molar-refractivity contribution is 0.300. The third kappa shape index (κ3) is 3.20. The molecular weight excluding hydrogens is 315 g/mol. The van der Waals surface area contributed by atoms with Gasteiger partial charge in [-0.3, -0.25) is 4.99 Å². The minimum Gasteiger partial charge on any atom is -0.487 e. The monoisotopic (exact) mass is 328 g/mol. The van der Waals surface area contributed by atoms with Gasteiger partial charge in [-0.1, -0.05) is 17.7 Å². The Balaban J connectivity index is 1.83. The fourth-order valence-electron chi connectivity index (χ4n) is 2.57. The summed E-state index contributed by atoms with van der Waals surface area (Å²) in [6.07, 6.45) is 0.858. The number of ether oxygens (including phenoxy) is 1. The standard InChI is InChI=1S/C18H14ClFN2O/c1-11-15-8-18(16(19)7-13(15)4-5-22-11)23-10-14-3-2-12(9-21)6-17(14)20/h2-3,6-8H,4-5,10H2,1H3. The van der Waals surface area contributed by atoms with E-state index in [0.717, 1.165) is 29.8 Å². The van der Waals surface area contributed by atoms with Crippen LogP contribution in [0.2, 0.25) is 5.02 Å². The topological polar surface area (TPSA) is 45.4 Å². The fourth-order valence-corrected chi connectivity index (χ4v) is 2.81. The van der Waals surface area contributed by atoms with E-state index in [4.69, 9.17) is 21.6 Å². The van der Waals surface area contributed by atoms with Gasteiger partial charge in [-0.05, 0) is 43.2 Å². The molecule has 2 aromatic rings. The molecule has 0 atom stereocenters. The van der Waals surface area contributed by atoms with Crippen molar-refractivity contribution in [1.29, 1.82) is 5.26 Å². The average Bonchev–Trinajstić information content (AvgIpc) is 2.54. The van der Waals surface area contributed by atoms with Crippen LogP contribution in [0.4, 0.5) is 4.39 Å². The quantitative estimate of drug-likeness (QED) is 0.843. The Labute approximate surface area is 139 Å². The largest absolute Gasteiger partial charge is 0.487 e. The molecule has 1 aliphatic heterocycles. The van der Waals surface area contributed by atoms with Crippen molar-refractivity contribution in [3.8, 4) is 11.8 Å². The molecule has 0 N–H and O–H groups in total. The van der Waals surface area contributed by atoms with Gasteiger partial charge in [-0.25, -0.2) is 4.39 Å². The second kappa shape index (κ2) is 6.39. The summed E-state index contributed by atoms with van der Waals surface area (Å²) in [5.41, 5.74) is 3.79. The number of hydrogen-bond donors (Lipinski definition) is 0. The lowest BCUT2D eigenvalue weighted by Gasteiger charge is -2.17. The van der Waals surface area contributed by atoms with Crippen molar-refractivity contribution in [2.45, 2.75) is 20.0 Å². The van der Waals surface area contributed by atoms with E-state index < -0.39 is 5.82 Å². The molecule has 0 amide bonds. The molecule has 116 valence electrons. The Morgan fingerprint density at radius 2 is 2.17 bits per heavy atom. The molecule has 0 saturated heterocycles. The van der Waals surface area contributed by atoms with E-state index in [1.165, 1.54) is 6.07 Å². The van der Waals surface area contributed by atoms with Crippen LogP contribution < -0.4 is 4.74 Å². The first-order valence-corrected chi connectivity index (χ1v) is 7.61. The second-order valence-electron chi connectivity index (χ2n) is 5.36. The lowest BCUT2D eigenvalue weighted by atomic mass is 9.98. The first-order chi connectivity index (χ1) is 11.1. The summed E-state index contributed by atoms with van der Waals surface area (Å²) in [5.74, 6) is 0.0431. The normalized spacial score (nSPS) is 13.0. The summed E-state index contributed by atoms with van der Waals surface area (Å²) in [6.45, 7) is 2.77. The number of rotatable bonds is 3. The van der Waals surface area contributed by atoms with Gasteiger partial charge in [0.1, 0.15) is 18.2 Å². The van der Waals surface area contributed by atoms with Crippen LogP contribution >= 0.6 is 11.6 Å². The van der Waals surface area contributed by atoms with Gasteiger partial charge in [0, 0.05) is 23.4 Å². The summed E-state index contributed by atoms with van der Waals surface area (Å²) in [7, 11) is 0. The predicted octanol–water partition coefficient (Wildman–Crippen LogP) is 4.29. The highest BCUT2D eigenvalue weighted by Crippen LogP contribution is 2.31. The van der Waals surface area contributed by atoms with E-state index in [-0.39, 0.29) is 12.2 Å². The van der Waals surface area contributed by atoms with Gasteiger partial charge in [-0.2, -0.15) is 5.26 Å². The minimum atomic E-state index is -0.462. The Hall–Kier alpha value is -2.38. The van der Waals surface area contributed by atoms with Crippen LogP contribution in [-0.4, -0.2) is 12.3 Å². The summed E-state index contributed by atoms with van der Waals surface area (Å²) in [4.78, 5) is 4.42. The SMILES string of the molecule is CC1=NCCc2cc(Cl)c(OCc3ccc(C#N)cc3F)cc21. The average molecular weight is 329 g/mol. The molecular formula is C18H14ClFN2O. The summed E-state index contributed by atoms with van der Waals surface area (Å²) in [6, 6.07) is 9.96. The van der Waals surface area contributed by atoms with Crippen molar-refractivity contribution in [1.82, 2.24) is 0 Å². The predicted molar refractivity (Wildman–Crippen MR) is 87.7 cm³/mol. The van der Waals surface area contributed by atoms with Crippen LogP contribution in [0.5, 0.6) is 5.75 Å². The van der Waals surface area contributed by atoms with Crippen LogP contribution in [-0.2, 0) is 13.0 Å². The number of benzene rings is 2. The zero-order valence-electron chi connectivity index (χ0n) is 12.6. The molecule has 0 saturated carbocycles. The Morgan fingerprint density at radius 1 is 1.35 bits per heavy atom. The first kappa shape index (κ1) is 15.5. The molecule has 5 heteroatoms. The first-order valence-electron chi connectivity index (χ1n) is 7.23. The molecule has 23 heavy (non-hydrogen) atoms. The van der Waals surface area contributed by atoms with E-state index in [9.17, 15) is 4.39 Å². The van der Waals surface area contributed by atoms with E-state index in [0.29, 0.717) is 16.3 Å². The van der Waals surface area contributed by atoms with Crippen LogP contribution in [0, 0.1) is 17.1 Å². The summed E-state index contributed by atoms with van der Waals surface area (Å²) in [5, 5.41) is 9.26. The lowest BCUT2D eigenvalue weighted by Crippen LogP contribution is -2.10. The minimum absolute atomic E-state index is 0.0479. The smallest absolute Gasteiger partial charge is 0.139 e. The highest BCUT2D eigenvalue weighted by atomic mass is 35.5. The fraction of sp³-hybridized carbons (Fsp3) is 0.222. The molecule has 0 fully saturated rings. The number of aliphatic imine (C=N–C) groups is 1. The summed E-state index contributed by atoms with van der Waals surface area (Å²) < 4.78 is 19.6. The second-order valence-corrected chi connectivity index (χ2v) is 5.77. The maximum absolute atomic E-state index is 13.9. The van der Waals surface area contributed by atoms with Crippen molar-refractivity contribution >= 4 is 17.3 Å². The number of hydrogen-bond acceptors (Lipinski definition) is 3. The molecule has 0 radical (unpaired) electrons. The van der Waals surface area contributed by atoms with E-state index in [1.807, 2.05) is 25.1 Å². The molecule has 3 nitrogen and oxygen atoms in total. The molecule has 1 heterocycles. The summed E-state index contributed by atoms with van der Waals surface area (Å²) >= 11 is 6.26. The molecule has 0 bridgehead atoms. The van der Waals surface area contributed by atoms with Gasteiger partial charge >= 0.3 is 0 Å². The molecule has 0 spiro atoms. The van der Waals surface area contributed by atoms with Crippen molar-refractivity contribution in [2.75, 3.05) is 6.54 Å². The van der Waals surface area contributed by atoms with Crippen molar-refractivity contribution in [2.24, 2.45) is 4.99 Å². The number of fused-ring (bicyclic) bond motifs is 1. The van der Waals surface area contributed by atoms with Crippen LogP contribution in [0.15, 0.2) is 35.3 Å². The molecule has 0 aliphatic carbocycles. The van der Waals surface area contributed by atoms with E-state index in [2.05, 4.69) is 4.99 Å². The molecule has 3 rings (SSSR count). The van der Waals surface area contributed by atoms with Crippen molar-refractivity contribution in [3.05, 3.63) is 63.4 Å². The van der Waals surface area contributed by atoms with Crippen molar-refractivity contribution < 1.29 is 9.13 Å². The van der Waals surface area contributed by atoms with E-state index >= 15 is 0 Å². The molecule has 0 unspecified atom stereocenters. The van der Waals surface area contributed by atoms with E-state index in [1.54, 1.807) is 12.1 Å². The molecule has 1 aliphatic rings. The highest BCUT2D eigenvalue weighted by Gasteiger charge is 2.15. The van der Waals surface area contributed by atoms with Gasteiger partial charge in [0.15, 0.2) is 0 Å². The number of nitriles is 1. The van der Waals surface area contributed by atoms with Crippen molar-refractivity contribution in [3.63, 3.8) is 0 Å². The van der Waals surface area contributed by atoms with Crippen LogP contribution in [0.25, 0.3) is 0 Å². The zero-order chi connectivity index (χ0) is 16.4. The zero-order valence-corrected chi connectivity index (χ0v) is 13.3. The molecule has 0 aromatic heterocycles. The van der Waals surface area contributed by atoms with Gasteiger partial charge in [-0.15, -0.1) is 0 Å². The maximum Gasteiger partial charge on any atom is 0.139 e. The Kier molecular flexibility index (Phi) is 4.31. The highest BCUT2D eigenvalue weighted by molar-refractivity contribution is 6.32. The van der Waals surface area contributed by atoms with Gasteiger partial charge in [0.25, 0.3) is 0 Å². The Morgan fingerprint density at radius 3 is 2.91 bits per heavy atom. The number of nitrogens with zero attached hydrogens (tertiary/aromatic N) is 2. The number of halogens is 2. The van der Waals surface area contributed by atoms with Crippen LogP contribution in [0.1, 0.15) is 29.2 Å². The third-order valence-electron chi connectivity index (χ3n) is 3.84.